The molecule has 0 bridgehead atoms. The lowest BCUT2D eigenvalue weighted by molar-refractivity contribution is -0.117. The van der Waals surface area contributed by atoms with Crippen LogP contribution in [0.2, 0.25) is 0 Å². The molecule has 4 heteroatoms. The van der Waals surface area contributed by atoms with Crippen LogP contribution in [0, 0.1) is 0 Å². The Morgan fingerprint density at radius 2 is 2.11 bits per heavy atom. The van der Waals surface area contributed by atoms with Crippen molar-refractivity contribution in [1.29, 1.82) is 0 Å². The van der Waals surface area contributed by atoms with E-state index in [-0.39, 0.29) is 5.78 Å². The number of carbonyl (C=O) groups excluding carboxylic acids is 1. The summed E-state index contributed by atoms with van der Waals surface area (Å²) in [6.45, 7) is 6.28. The summed E-state index contributed by atoms with van der Waals surface area (Å²) in [5.41, 5.74) is 2.10. The summed E-state index contributed by atoms with van der Waals surface area (Å²) in [6, 6.07) is 8.06. The van der Waals surface area contributed by atoms with Gasteiger partial charge in [-0.3, -0.25) is 4.79 Å². The Balaban J connectivity index is 2.26. The van der Waals surface area contributed by atoms with Crippen LogP contribution < -0.4 is 5.32 Å². The van der Waals surface area contributed by atoms with Crippen LogP contribution in [0.3, 0.4) is 0 Å². The third-order valence-electron chi connectivity index (χ3n) is 3.11. The Morgan fingerprint density at radius 1 is 1.32 bits per heavy atom. The molecule has 2 aromatic rings. The number of benzene rings is 1. The number of rotatable bonds is 7. The number of ketones is 1. The third kappa shape index (κ3) is 3.20. The average Bonchev–Trinajstić information content (AvgIpc) is 2.75. The smallest absolute Gasteiger partial charge is 0.154 e. The summed E-state index contributed by atoms with van der Waals surface area (Å²) in [6.07, 6.45) is 1.44. The molecule has 19 heavy (non-hydrogen) atoms. The first-order valence-corrected chi connectivity index (χ1v) is 6.92. The Morgan fingerprint density at radius 3 is 2.84 bits per heavy atom. The fourth-order valence-electron chi connectivity index (χ4n) is 2.24. The molecular weight excluding hydrogens is 238 g/mol. The number of hydrogen-bond donors (Lipinski definition) is 1. The summed E-state index contributed by atoms with van der Waals surface area (Å²) in [7, 11) is 0. The van der Waals surface area contributed by atoms with Crippen molar-refractivity contribution in [3.05, 3.63) is 30.1 Å². The molecule has 0 fully saturated rings. The first-order chi connectivity index (χ1) is 9.26. The predicted molar refractivity (Wildman–Crippen MR) is 77.3 cm³/mol. The molecule has 102 valence electrons. The van der Waals surface area contributed by atoms with Gasteiger partial charge in [0.05, 0.1) is 24.0 Å². The van der Waals surface area contributed by atoms with E-state index < -0.39 is 0 Å². The van der Waals surface area contributed by atoms with Gasteiger partial charge in [0.2, 0.25) is 0 Å². The molecule has 0 radical (unpaired) electrons. The number of imidazole rings is 1. The van der Waals surface area contributed by atoms with E-state index in [4.69, 9.17) is 0 Å². The van der Waals surface area contributed by atoms with Crippen LogP contribution in [-0.2, 0) is 17.8 Å². The molecule has 0 saturated carbocycles. The maximum atomic E-state index is 11.9. The van der Waals surface area contributed by atoms with Crippen molar-refractivity contribution in [1.82, 2.24) is 14.9 Å². The highest BCUT2D eigenvalue weighted by Gasteiger charge is 2.12. The first-order valence-electron chi connectivity index (χ1n) is 6.92. The van der Waals surface area contributed by atoms with Gasteiger partial charge in [0.25, 0.3) is 0 Å². The standard InChI is InChI=1S/C15H21N3O/c1-3-9-18-14-8-6-5-7-13(14)17-15(18)10-12(19)11-16-4-2/h5-8,16H,3-4,9-11H2,1-2H3. The second-order valence-electron chi connectivity index (χ2n) is 4.66. The molecule has 1 aromatic carbocycles. The van der Waals surface area contributed by atoms with Crippen molar-refractivity contribution in [3.8, 4) is 0 Å². The van der Waals surface area contributed by atoms with Gasteiger partial charge in [-0.05, 0) is 25.1 Å². The van der Waals surface area contributed by atoms with E-state index in [0.717, 1.165) is 36.4 Å². The SMILES string of the molecule is CCCn1c(CC(=O)CNCC)nc2ccccc21. The maximum Gasteiger partial charge on any atom is 0.154 e. The monoisotopic (exact) mass is 259 g/mol. The molecule has 0 aliphatic rings. The first kappa shape index (κ1) is 13.7. The number of Topliss-reactive ketones (excluding diaryl/α,β-unsaturated/α-hetero) is 1. The van der Waals surface area contributed by atoms with Crippen LogP contribution in [0.25, 0.3) is 11.0 Å². The molecule has 1 N–H and O–H groups in total. The summed E-state index contributed by atoms with van der Waals surface area (Å²) in [5, 5.41) is 3.07. The summed E-state index contributed by atoms with van der Waals surface area (Å²) in [5.74, 6) is 1.07. The number of para-hydroxylation sites is 2. The second-order valence-corrected chi connectivity index (χ2v) is 4.66. The molecule has 0 amide bonds. The van der Waals surface area contributed by atoms with E-state index in [2.05, 4.69) is 27.9 Å². The number of nitrogens with zero attached hydrogens (tertiary/aromatic N) is 2. The fourth-order valence-corrected chi connectivity index (χ4v) is 2.24. The third-order valence-corrected chi connectivity index (χ3v) is 3.11. The van der Waals surface area contributed by atoms with Gasteiger partial charge in [0, 0.05) is 6.54 Å². The summed E-state index contributed by atoms with van der Waals surface area (Å²) < 4.78 is 2.17. The Bertz CT molecular complexity index is 560. The molecule has 0 atom stereocenters. The lowest BCUT2D eigenvalue weighted by Gasteiger charge is -2.07. The van der Waals surface area contributed by atoms with Crippen LogP contribution >= 0.6 is 0 Å². The molecule has 1 aromatic heterocycles. The maximum absolute atomic E-state index is 11.9. The molecular formula is C15H21N3O. The largest absolute Gasteiger partial charge is 0.328 e. The Kier molecular flexibility index (Phi) is 4.68. The average molecular weight is 259 g/mol. The van der Waals surface area contributed by atoms with Gasteiger partial charge >= 0.3 is 0 Å². The van der Waals surface area contributed by atoms with Crippen LogP contribution in [0.15, 0.2) is 24.3 Å². The molecule has 0 aliphatic heterocycles. The highest BCUT2D eigenvalue weighted by molar-refractivity contribution is 5.84. The van der Waals surface area contributed by atoms with Gasteiger partial charge in [0.15, 0.2) is 5.78 Å². The van der Waals surface area contributed by atoms with E-state index in [9.17, 15) is 4.79 Å². The molecule has 1 heterocycles. The Hall–Kier alpha value is -1.68. The topological polar surface area (TPSA) is 46.9 Å². The number of likely N-dealkylation sites (N-methyl/N-ethyl adjacent to an activating group) is 1. The molecule has 0 aliphatic carbocycles. The number of aryl methyl sites for hydroxylation is 1. The number of aromatic nitrogens is 2. The van der Waals surface area contributed by atoms with E-state index in [1.54, 1.807) is 0 Å². The zero-order chi connectivity index (χ0) is 13.7. The quantitative estimate of drug-likeness (QED) is 0.829. The van der Waals surface area contributed by atoms with Crippen molar-refractivity contribution in [2.45, 2.75) is 33.2 Å². The lowest BCUT2D eigenvalue weighted by Crippen LogP contribution is -2.24. The summed E-state index contributed by atoms with van der Waals surface area (Å²) >= 11 is 0. The van der Waals surface area contributed by atoms with Crippen molar-refractivity contribution >= 4 is 16.8 Å². The number of carbonyl (C=O) groups is 1. The van der Waals surface area contributed by atoms with Crippen molar-refractivity contribution < 1.29 is 4.79 Å². The number of hydrogen-bond acceptors (Lipinski definition) is 3. The highest BCUT2D eigenvalue weighted by Crippen LogP contribution is 2.17. The van der Waals surface area contributed by atoms with Gasteiger partial charge in [0.1, 0.15) is 5.82 Å². The number of fused-ring (bicyclic) bond motifs is 1. The van der Waals surface area contributed by atoms with E-state index in [0.29, 0.717) is 13.0 Å². The van der Waals surface area contributed by atoms with Crippen LogP contribution in [0.4, 0.5) is 0 Å². The van der Waals surface area contributed by atoms with Crippen molar-refractivity contribution in [2.24, 2.45) is 0 Å². The van der Waals surface area contributed by atoms with Gasteiger partial charge in [-0.1, -0.05) is 26.0 Å². The fraction of sp³-hybridized carbons (Fsp3) is 0.467. The van der Waals surface area contributed by atoms with Crippen molar-refractivity contribution in [2.75, 3.05) is 13.1 Å². The van der Waals surface area contributed by atoms with Gasteiger partial charge in [-0.15, -0.1) is 0 Å². The molecule has 0 spiro atoms. The minimum atomic E-state index is 0.189. The minimum Gasteiger partial charge on any atom is -0.328 e. The van der Waals surface area contributed by atoms with Crippen LogP contribution in [0.5, 0.6) is 0 Å². The van der Waals surface area contributed by atoms with Crippen LogP contribution in [-0.4, -0.2) is 28.4 Å². The molecule has 4 nitrogen and oxygen atoms in total. The predicted octanol–water partition coefficient (Wildman–Crippen LogP) is 2.17. The van der Waals surface area contributed by atoms with E-state index in [1.165, 1.54) is 0 Å². The van der Waals surface area contributed by atoms with Crippen LogP contribution in [0.1, 0.15) is 26.1 Å². The minimum absolute atomic E-state index is 0.189. The Labute approximate surface area is 113 Å². The van der Waals surface area contributed by atoms with Gasteiger partial charge in [-0.25, -0.2) is 4.98 Å². The molecule has 0 saturated heterocycles. The molecule has 0 unspecified atom stereocenters. The highest BCUT2D eigenvalue weighted by atomic mass is 16.1. The number of nitrogens with one attached hydrogen (secondary N) is 1. The zero-order valence-corrected chi connectivity index (χ0v) is 11.6. The lowest BCUT2D eigenvalue weighted by atomic mass is 10.2. The normalized spacial score (nSPS) is 11.1. The van der Waals surface area contributed by atoms with E-state index >= 15 is 0 Å². The zero-order valence-electron chi connectivity index (χ0n) is 11.6. The second kappa shape index (κ2) is 6.48. The van der Waals surface area contributed by atoms with E-state index in [1.807, 2.05) is 25.1 Å². The van der Waals surface area contributed by atoms with Gasteiger partial charge < -0.3 is 9.88 Å². The molecule has 2 rings (SSSR count). The summed E-state index contributed by atoms with van der Waals surface area (Å²) in [4.78, 5) is 16.5. The van der Waals surface area contributed by atoms with Gasteiger partial charge in [-0.2, -0.15) is 0 Å². The van der Waals surface area contributed by atoms with Crippen molar-refractivity contribution in [3.63, 3.8) is 0 Å².